The van der Waals surface area contributed by atoms with E-state index in [4.69, 9.17) is 25.1 Å². The van der Waals surface area contributed by atoms with E-state index in [0.717, 1.165) is 89.8 Å². The number of likely N-dealkylation sites (N-methyl/N-ethyl adjacent to an activating group) is 1. The number of anilines is 1. The molecule has 0 amide bonds. The monoisotopic (exact) mass is 572 g/mol. The highest BCUT2D eigenvalue weighted by atomic mass is 16.5. The highest BCUT2D eigenvalue weighted by Gasteiger charge is 2.15. The summed E-state index contributed by atoms with van der Waals surface area (Å²) in [7, 11) is 2.09. The van der Waals surface area contributed by atoms with Crippen molar-refractivity contribution in [3.05, 3.63) is 45.9 Å². The molecular formula is C30H48N6O5. The van der Waals surface area contributed by atoms with E-state index in [-0.39, 0.29) is 24.1 Å². The fraction of sp³-hybridized carbons (Fsp3) is 0.633. The Morgan fingerprint density at radius 3 is 2.24 bits per heavy atom. The summed E-state index contributed by atoms with van der Waals surface area (Å²) in [4.78, 5) is 26.3. The zero-order chi connectivity index (χ0) is 29.3. The van der Waals surface area contributed by atoms with Gasteiger partial charge in [-0.25, -0.2) is 4.79 Å². The van der Waals surface area contributed by atoms with Crippen molar-refractivity contribution >= 4 is 17.0 Å². The minimum absolute atomic E-state index is 0.185. The summed E-state index contributed by atoms with van der Waals surface area (Å²) in [6.45, 7) is 7.95. The van der Waals surface area contributed by atoms with Crippen molar-refractivity contribution in [2.24, 2.45) is 0 Å². The first kappa shape index (κ1) is 32.5. The fourth-order valence-corrected chi connectivity index (χ4v) is 4.38. The van der Waals surface area contributed by atoms with Crippen molar-refractivity contribution in [2.75, 3.05) is 59.0 Å². The summed E-state index contributed by atoms with van der Waals surface area (Å²) in [5.74, 6) is 0.200. The third-order valence-electron chi connectivity index (χ3n) is 6.82. The van der Waals surface area contributed by atoms with E-state index < -0.39 is 0 Å². The van der Waals surface area contributed by atoms with Crippen LogP contribution >= 0.6 is 0 Å². The molecule has 41 heavy (non-hydrogen) atoms. The number of ether oxygens (including phenoxy) is 3. The number of rotatable bonds is 22. The molecule has 0 saturated heterocycles. The number of nitrogen functional groups attached to an aromatic ring is 1. The number of H-pyrrole nitrogens is 1. The van der Waals surface area contributed by atoms with E-state index in [1.54, 1.807) is 4.57 Å². The molecule has 11 heteroatoms. The molecule has 0 unspecified atom stereocenters. The molecule has 2 heterocycles. The van der Waals surface area contributed by atoms with Gasteiger partial charge in [-0.1, -0.05) is 37.6 Å². The van der Waals surface area contributed by atoms with E-state index in [1.807, 2.05) is 12.1 Å². The highest BCUT2D eigenvalue weighted by molar-refractivity contribution is 5.81. The van der Waals surface area contributed by atoms with Crippen LogP contribution in [0.2, 0.25) is 0 Å². The minimum atomic E-state index is -0.283. The van der Waals surface area contributed by atoms with Crippen LogP contribution in [0.25, 0.3) is 11.2 Å². The number of aliphatic hydroxyl groups is 1. The van der Waals surface area contributed by atoms with Gasteiger partial charge in [-0.05, 0) is 63.1 Å². The number of nitrogens with two attached hydrogens (primary N) is 1. The number of aliphatic hydroxyl groups excluding tert-OH is 1. The van der Waals surface area contributed by atoms with Crippen molar-refractivity contribution in [3.8, 4) is 6.01 Å². The predicted octanol–water partition coefficient (Wildman–Crippen LogP) is 3.73. The lowest BCUT2D eigenvalue weighted by Gasteiger charge is -2.17. The Bertz CT molecular complexity index is 1200. The summed E-state index contributed by atoms with van der Waals surface area (Å²) in [6.07, 6.45) is 8.02. The summed E-state index contributed by atoms with van der Waals surface area (Å²) in [5, 5.41) is 8.76. The average Bonchev–Trinajstić information content (AvgIpc) is 3.27. The minimum Gasteiger partial charge on any atom is -0.463 e. The Kier molecular flexibility index (Phi) is 14.6. The van der Waals surface area contributed by atoms with Gasteiger partial charge in [0.15, 0.2) is 11.5 Å². The van der Waals surface area contributed by atoms with Crippen LogP contribution in [0.5, 0.6) is 6.01 Å². The molecule has 0 aliphatic carbocycles. The summed E-state index contributed by atoms with van der Waals surface area (Å²) in [5.41, 5.74) is 8.82. The topological polar surface area (TPSA) is 141 Å². The van der Waals surface area contributed by atoms with Gasteiger partial charge in [-0.15, -0.1) is 0 Å². The van der Waals surface area contributed by atoms with Gasteiger partial charge < -0.3 is 30.0 Å². The number of imidazole rings is 1. The Morgan fingerprint density at radius 1 is 0.902 bits per heavy atom. The SMILES string of the molecule is CCCCOc1nc(N)c2[nH]c(=O)n(Cc3ccc(CN(C)CCOCCCCCOCCCCCO)cc3)c2n1. The van der Waals surface area contributed by atoms with Crippen LogP contribution in [0.15, 0.2) is 29.1 Å². The molecule has 0 spiro atoms. The Morgan fingerprint density at radius 2 is 1.56 bits per heavy atom. The second-order valence-electron chi connectivity index (χ2n) is 10.4. The highest BCUT2D eigenvalue weighted by Crippen LogP contribution is 2.19. The van der Waals surface area contributed by atoms with E-state index >= 15 is 0 Å². The molecular weight excluding hydrogens is 524 g/mol. The van der Waals surface area contributed by atoms with Crippen LogP contribution in [-0.2, 0) is 22.6 Å². The maximum atomic E-state index is 12.7. The molecule has 228 valence electrons. The molecule has 11 nitrogen and oxygen atoms in total. The molecule has 3 rings (SSSR count). The van der Waals surface area contributed by atoms with Gasteiger partial charge in [0.1, 0.15) is 5.52 Å². The predicted molar refractivity (Wildman–Crippen MR) is 161 cm³/mol. The van der Waals surface area contributed by atoms with E-state index in [1.165, 1.54) is 5.56 Å². The number of aromatic amines is 1. The second kappa shape index (κ2) is 18.4. The molecule has 0 atom stereocenters. The lowest BCUT2D eigenvalue weighted by molar-refractivity contribution is 0.0993. The van der Waals surface area contributed by atoms with E-state index in [2.05, 4.69) is 46.0 Å². The van der Waals surface area contributed by atoms with Crippen molar-refractivity contribution in [1.82, 2.24) is 24.4 Å². The molecule has 0 aliphatic rings. The normalized spacial score (nSPS) is 11.6. The smallest absolute Gasteiger partial charge is 0.328 e. The first-order chi connectivity index (χ1) is 20.0. The molecule has 2 aromatic heterocycles. The van der Waals surface area contributed by atoms with E-state index in [9.17, 15) is 4.79 Å². The van der Waals surface area contributed by atoms with Crippen LogP contribution in [0, 0.1) is 0 Å². The average molecular weight is 573 g/mol. The molecule has 0 saturated carbocycles. The van der Waals surface area contributed by atoms with Crippen molar-refractivity contribution in [2.45, 2.75) is 71.4 Å². The maximum absolute atomic E-state index is 12.7. The largest absolute Gasteiger partial charge is 0.463 e. The van der Waals surface area contributed by atoms with Gasteiger partial charge >= 0.3 is 11.7 Å². The van der Waals surface area contributed by atoms with Crippen LogP contribution < -0.4 is 16.2 Å². The number of hydrogen-bond donors (Lipinski definition) is 3. The Hall–Kier alpha value is -2.99. The van der Waals surface area contributed by atoms with Gasteiger partial charge in [0.2, 0.25) is 0 Å². The van der Waals surface area contributed by atoms with E-state index in [0.29, 0.717) is 30.9 Å². The van der Waals surface area contributed by atoms with Crippen LogP contribution in [0.1, 0.15) is 69.4 Å². The van der Waals surface area contributed by atoms with Crippen LogP contribution in [0.4, 0.5) is 5.82 Å². The molecule has 0 bridgehead atoms. The van der Waals surface area contributed by atoms with Crippen LogP contribution in [-0.4, -0.2) is 82.8 Å². The van der Waals surface area contributed by atoms with Gasteiger partial charge in [0.25, 0.3) is 0 Å². The lowest BCUT2D eigenvalue weighted by Crippen LogP contribution is -2.23. The zero-order valence-corrected chi connectivity index (χ0v) is 24.8. The van der Waals surface area contributed by atoms with Crippen molar-refractivity contribution in [3.63, 3.8) is 0 Å². The Balaban J connectivity index is 1.36. The third kappa shape index (κ3) is 11.4. The summed E-state index contributed by atoms with van der Waals surface area (Å²) in [6, 6.07) is 8.43. The number of unbranched alkanes of at least 4 members (excludes halogenated alkanes) is 5. The summed E-state index contributed by atoms with van der Waals surface area (Å²) < 4.78 is 18.6. The third-order valence-corrected chi connectivity index (χ3v) is 6.82. The standard InChI is InChI=1S/C30H48N6O5/c1-3-4-20-41-29-33-27(31)26-28(34-29)36(30(38)32-26)23-25-13-11-24(12-14-25)22-35(2)15-21-40-19-10-6-9-18-39-17-8-5-7-16-37/h11-14,37H,3-10,15-23H2,1-2H3,(H,32,38)(H2,31,33,34). The molecule has 4 N–H and O–H groups in total. The molecule has 3 aromatic rings. The Labute approximate surface area is 243 Å². The van der Waals surface area contributed by atoms with Gasteiger partial charge in [-0.3, -0.25) is 9.47 Å². The second-order valence-corrected chi connectivity index (χ2v) is 10.4. The number of benzene rings is 1. The maximum Gasteiger partial charge on any atom is 0.328 e. The lowest BCUT2D eigenvalue weighted by atomic mass is 10.1. The summed E-state index contributed by atoms with van der Waals surface area (Å²) >= 11 is 0. The van der Waals surface area contributed by atoms with Gasteiger partial charge in [-0.2, -0.15) is 9.97 Å². The van der Waals surface area contributed by atoms with Gasteiger partial charge in [0.05, 0.1) is 19.8 Å². The van der Waals surface area contributed by atoms with Crippen molar-refractivity contribution in [1.29, 1.82) is 0 Å². The number of nitrogens with zero attached hydrogens (tertiary/aromatic N) is 4. The molecule has 0 aliphatic heterocycles. The zero-order valence-electron chi connectivity index (χ0n) is 24.8. The number of nitrogens with one attached hydrogen (secondary N) is 1. The number of hydrogen-bond acceptors (Lipinski definition) is 9. The molecule has 1 aromatic carbocycles. The quantitative estimate of drug-likeness (QED) is 0.154. The number of aromatic nitrogens is 4. The first-order valence-electron chi connectivity index (χ1n) is 14.9. The first-order valence-corrected chi connectivity index (χ1v) is 14.9. The number of fused-ring (bicyclic) bond motifs is 1. The van der Waals surface area contributed by atoms with Gasteiger partial charge in [0, 0.05) is 39.5 Å². The molecule has 0 fully saturated rings. The van der Waals surface area contributed by atoms with Crippen LogP contribution in [0.3, 0.4) is 0 Å². The van der Waals surface area contributed by atoms with Crippen molar-refractivity contribution < 1.29 is 19.3 Å². The fourth-order valence-electron chi connectivity index (χ4n) is 4.38. The molecule has 0 radical (unpaired) electrons.